The van der Waals surface area contributed by atoms with Crippen LogP contribution in [0.25, 0.3) is 0 Å². The molecule has 0 saturated heterocycles. The van der Waals surface area contributed by atoms with Gasteiger partial charge in [0.25, 0.3) is 0 Å². The number of aliphatic hydroxyl groups excluding tert-OH is 1. The standard InChI is InChI=1S/C10H14N2O2/c1-12(10(14)4-6-13)8-9-3-2-5-11-7-9/h2-3,5,7,13H,4,6,8H2,1H3. The van der Waals surface area contributed by atoms with E-state index in [1.807, 2.05) is 12.1 Å². The minimum Gasteiger partial charge on any atom is -0.396 e. The van der Waals surface area contributed by atoms with Crippen molar-refractivity contribution in [2.45, 2.75) is 13.0 Å². The molecule has 1 heterocycles. The Balaban J connectivity index is 2.49. The molecule has 0 aliphatic heterocycles. The Morgan fingerprint density at radius 3 is 3.00 bits per heavy atom. The van der Waals surface area contributed by atoms with Crippen molar-refractivity contribution in [2.24, 2.45) is 0 Å². The van der Waals surface area contributed by atoms with Crippen LogP contribution < -0.4 is 0 Å². The number of nitrogens with zero attached hydrogens (tertiary/aromatic N) is 2. The van der Waals surface area contributed by atoms with Crippen molar-refractivity contribution in [2.75, 3.05) is 13.7 Å². The Morgan fingerprint density at radius 2 is 2.43 bits per heavy atom. The van der Waals surface area contributed by atoms with Crippen LogP contribution in [0.5, 0.6) is 0 Å². The summed E-state index contributed by atoms with van der Waals surface area (Å²) in [5.41, 5.74) is 0.987. The molecule has 1 rings (SSSR count). The van der Waals surface area contributed by atoms with Gasteiger partial charge in [0, 0.05) is 32.4 Å². The second-order valence-electron chi connectivity index (χ2n) is 3.08. The molecule has 14 heavy (non-hydrogen) atoms. The number of pyridine rings is 1. The van der Waals surface area contributed by atoms with Gasteiger partial charge in [-0.05, 0) is 11.6 Å². The van der Waals surface area contributed by atoms with Crippen molar-refractivity contribution in [1.82, 2.24) is 9.88 Å². The summed E-state index contributed by atoms with van der Waals surface area (Å²) < 4.78 is 0. The molecule has 0 aromatic carbocycles. The lowest BCUT2D eigenvalue weighted by molar-refractivity contribution is -0.131. The van der Waals surface area contributed by atoms with Gasteiger partial charge in [0.1, 0.15) is 0 Å². The normalized spacial score (nSPS) is 9.86. The maximum atomic E-state index is 11.3. The van der Waals surface area contributed by atoms with E-state index in [9.17, 15) is 4.79 Å². The predicted octanol–water partition coefficient (Wildman–Crippen LogP) is 0.422. The summed E-state index contributed by atoms with van der Waals surface area (Å²) >= 11 is 0. The molecule has 0 spiro atoms. The van der Waals surface area contributed by atoms with Crippen LogP contribution in [0.2, 0.25) is 0 Å². The number of rotatable bonds is 4. The van der Waals surface area contributed by atoms with Crippen LogP contribution in [0.15, 0.2) is 24.5 Å². The van der Waals surface area contributed by atoms with Gasteiger partial charge in [-0.25, -0.2) is 0 Å². The number of carbonyl (C=O) groups is 1. The quantitative estimate of drug-likeness (QED) is 0.756. The SMILES string of the molecule is CN(Cc1cccnc1)C(=O)CCO. The molecule has 76 valence electrons. The number of hydrogen-bond donors (Lipinski definition) is 1. The van der Waals surface area contributed by atoms with Crippen molar-refractivity contribution in [3.63, 3.8) is 0 Å². The van der Waals surface area contributed by atoms with Gasteiger partial charge in [0.15, 0.2) is 0 Å². The third-order valence-corrected chi connectivity index (χ3v) is 1.89. The van der Waals surface area contributed by atoms with Gasteiger partial charge in [0.05, 0.1) is 6.61 Å². The molecule has 0 bridgehead atoms. The number of aliphatic hydroxyl groups is 1. The zero-order chi connectivity index (χ0) is 10.4. The Labute approximate surface area is 83.2 Å². The minimum absolute atomic E-state index is 0.0589. The summed E-state index contributed by atoms with van der Waals surface area (Å²) in [6, 6.07) is 3.75. The maximum Gasteiger partial charge on any atom is 0.224 e. The highest BCUT2D eigenvalue weighted by molar-refractivity contribution is 5.75. The Kier molecular flexibility index (Phi) is 4.07. The molecule has 0 aliphatic carbocycles. The summed E-state index contributed by atoms with van der Waals surface area (Å²) in [4.78, 5) is 16.8. The Bertz CT molecular complexity index is 287. The fourth-order valence-corrected chi connectivity index (χ4v) is 1.14. The van der Waals surface area contributed by atoms with Gasteiger partial charge in [-0.2, -0.15) is 0 Å². The molecule has 0 atom stereocenters. The van der Waals surface area contributed by atoms with Crippen LogP contribution >= 0.6 is 0 Å². The first-order valence-electron chi connectivity index (χ1n) is 4.47. The van der Waals surface area contributed by atoms with E-state index >= 15 is 0 Å². The van der Waals surface area contributed by atoms with Crippen molar-refractivity contribution in [3.05, 3.63) is 30.1 Å². The van der Waals surface area contributed by atoms with Gasteiger partial charge in [-0.15, -0.1) is 0 Å². The first kappa shape index (κ1) is 10.7. The van der Waals surface area contributed by atoms with Crippen LogP contribution in [0.3, 0.4) is 0 Å². The zero-order valence-electron chi connectivity index (χ0n) is 8.18. The van der Waals surface area contributed by atoms with Crippen LogP contribution in [-0.4, -0.2) is 34.6 Å². The summed E-state index contributed by atoms with van der Waals surface area (Å²) in [6.07, 6.45) is 3.60. The second kappa shape index (κ2) is 5.34. The second-order valence-corrected chi connectivity index (χ2v) is 3.08. The van der Waals surface area contributed by atoms with E-state index in [1.54, 1.807) is 24.3 Å². The summed E-state index contributed by atoms with van der Waals surface area (Å²) in [7, 11) is 1.71. The highest BCUT2D eigenvalue weighted by atomic mass is 16.3. The largest absolute Gasteiger partial charge is 0.396 e. The van der Waals surface area contributed by atoms with Crippen molar-refractivity contribution in [3.8, 4) is 0 Å². The van der Waals surface area contributed by atoms with Crippen molar-refractivity contribution >= 4 is 5.91 Å². The van der Waals surface area contributed by atoms with E-state index in [0.717, 1.165) is 5.56 Å². The first-order valence-corrected chi connectivity index (χ1v) is 4.47. The number of hydrogen-bond acceptors (Lipinski definition) is 3. The molecule has 4 heteroatoms. The molecule has 1 aromatic heterocycles. The Morgan fingerprint density at radius 1 is 1.64 bits per heavy atom. The molecule has 1 N–H and O–H groups in total. The number of aromatic nitrogens is 1. The number of carbonyl (C=O) groups excluding carboxylic acids is 1. The van der Waals surface area contributed by atoms with E-state index in [-0.39, 0.29) is 18.9 Å². The molecule has 0 unspecified atom stereocenters. The molecule has 0 aliphatic rings. The van der Waals surface area contributed by atoms with Gasteiger partial charge < -0.3 is 10.0 Å². The van der Waals surface area contributed by atoms with Crippen LogP contribution in [0.4, 0.5) is 0 Å². The van der Waals surface area contributed by atoms with E-state index in [1.165, 1.54) is 0 Å². The summed E-state index contributed by atoms with van der Waals surface area (Å²) in [5.74, 6) is -0.0589. The molecule has 0 radical (unpaired) electrons. The molecule has 0 saturated carbocycles. The molecule has 0 fully saturated rings. The molecular formula is C10H14N2O2. The fraction of sp³-hybridized carbons (Fsp3) is 0.400. The monoisotopic (exact) mass is 194 g/mol. The molecular weight excluding hydrogens is 180 g/mol. The first-order chi connectivity index (χ1) is 6.74. The smallest absolute Gasteiger partial charge is 0.224 e. The zero-order valence-corrected chi connectivity index (χ0v) is 8.18. The molecule has 1 aromatic rings. The van der Waals surface area contributed by atoms with E-state index < -0.39 is 0 Å². The lowest BCUT2D eigenvalue weighted by Gasteiger charge is -2.16. The average Bonchev–Trinajstić information content (AvgIpc) is 2.19. The lowest BCUT2D eigenvalue weighted by Crippen LogP contribution is -2.26. The fourth-order valence-electron chi connectivity index (χ4n) is 1.14. The van der Waals surface area contributed by atoms with Crippen molar-refractivity contribution in [1.29, 1.82) is 0 Å². The van der Waals surface area contributed by atoms with Gasteiger partial charge >= 0.3 is 0 Å². The summed E-state index contributed by atoms with van der Waals surface area (Å²) in [6.45, 7) is 0.433. The molecule has 4 nitrogen and oxygen atoms in total. The highest BCUT2D eigenvalue weighted by Crippen LogP contribution is 2.01. The van der Waals surface area contributed by atoms with Crippen LogP contribution in [-0.2, 0) is 11.3 Å². The highest BCUT2D eigenvalue weighted by Gasteiger charge is 2.07. The topological polar surface area (TPSA) is 53.4 Å². The minimum atomic E-state index is -0.101. The maximum absolute atomic E-state index is 11.3. The van der Waals surface area contributed by atoms with Gasteiger partial charge in [0.2, 0.25) is 5.91 Å². The van der Waals surface area contributed by atoms with E-state index in [2.05, 4.69) is 4.98 Å². The number of amides is 1. The van der Waals surface area contributed by atoms with Crippen LogP contribution in [0, 0.1) is 0 Å². The van der Waals surface area contributed by atoms with E-state index in [0.29, 0.717) is 6.54 Å². The lowest BCUT2D eigenvalue weighted by atomic mass is 10.2. The summed E-state index contributed by atoms with van der Waals surface area (Å²) in [5, 5.41) is 8.59. The molecule has 1 amide bonds. The third kappa shape index (κ3) is 3.14. The van der Waals surface area contributed by atoms with Crippen molar-refractivity contribution < 1.29 is 9.90 Å². The van der Waals surface area contributed by atoms with E-state index in [4.69, 9.17) is 5.11 Å². The third-order valence-electron chi connectivity index (χ3n) is 1.89. The van der Waals surface area contributed by atoms with Gasteiger partial charge in [-0.3, -0.25) is 9.78 Å². The Hall–Kier alpha value is -1.42. The average molecular weight is 194 g/mol. The predicted molar refractivity (Wildman–Crippen MR) is 52.4 cm³/mol. The van der Waals surface area contributed by atoms with Crippen LogP contribution in [0.1, 0.15) is 12.0 Å². The van der Waals surface area contributed by atoms with Gasteiger partial charge in [-0.1, -0.05) is 6.07 Å².